The minimum Gasteiger partial charge on any atom is -0.444 e. The van der Waals surface area contributed by atoms with E-state index < -0.39 is 5.60 Å². The number of nitrogens with one attached hydrogen (secondary N) is 1. The Kier molecular flexibility index (Phi) is 4.38. The lowest BCUT2D eigenvalue weighted by Crippen LogP contribution is -2.42. The molecule has 5 heteroatoms. The topological polar surface area (TPSA) is 73.6 Å². The zero-order chi connectivity index (χ0) is 13.1. The number of hydrogen-bond donors (Lipinski definition) is 2. The summed E-state index contributed by atoms with van der Waals surface area (Å²) in [5.41, 5.74) is -0.559. The summed E-state index contributed by atoms with van der Waals surface area (Å²) in [6, 6.07) is 0. The monoisotopic (exact) mass is 244 g/mol. The minimum absolute atomic E-state index is 0.0916. The molecule has 1 fully saturated rings. The molecule has 1 amide bonds. The lowest BCUT2D eigenvalue weighted by molar-refractivity contribution is 0.0284. The van der Waals surface area contributed by atoms with Gasteiger partial charge in [0.15, 0.2) is 0 Å². The van der Waals surface area contributed by atoms with Crippen LogP contribution >= 0.6 is 0 Å². The van der Waals surface area contributed by atoms with Gasteiger partial charge < -0.3 is 14.9 Å². The van der Waals surface area contributed by atoms with Crippen LogP contribution < -0.4 is 11.2 Å². The van der Waals surface area contributed by atoms with Crippen molar-refractivity contribution >= 4 is 6.09 Å². The van der Waals surface area contributed by atoms with E-state index in [9.17, 15) is 4.79 Å². The van der Waals surface area contributed by atoms with Gasteiger partial charge in [-0.15, -0.1) is 0 Å². The molecule has 1 atom stereocenters. The van der Waals surface area contributed by atoms with Gasteiger partial charge in [0.1, 0.15) is 5.60 Å². The first-order valence-electron chi connectivity index (χ1n) is 6.05. The first-order valence-corrected chi connectivity index (χ1v) is 6.05. The number of carbonyl (C=O) groups excluding carboxylic acids is 1. The Bertz CT molecular complexity index is 271. The quantitative estimate of drug-likeness (QED) is 0.723. The van der Waals surface area contributed by atoms with E-state index in [1.165, 1.54) is 12.8 Å². The molecule has 100 valence electrons. The van der Waals surface area contributed by atoms with Gasteiger partial charge in [-0.1, -0.05) is 6.92 Å². The van der Waals surface area contributed by atoms with Crippen LogP contribution in [0.25, 0.3) is 0 Å². The highest BCUT2D eigenvalue weighted by molar-refractivity contribution is 5.67. The number of nitrogens with two attached hydrogens (primary N) is 1. The average Bonchev–Trinajstić information content (AvgIpc) is 2.95. The third-order valence-corrected chi connectivity index (χ3v) is 3.01. The molecule has 1 aliphatic carbocycles. The highest BCUT2D eigenvalue weighted by Gasteiger charge is 2.42. The fraction of sp³-hybridized carbons (Fsp3) is 0.917. The summed E-state index contributed by atoms with van der Waals surface area (Å²) in [6.45, 7) is 8.59. The van der Waals surface area contributed by atoms with Crippen LogP contribution in [0.15, 0.2) is 0 Å². The molecule has 0 heterocycles. The zero-order valence-corrected chi connectivity index (χ0v) is 11.2. The lowest BCUT2D eigenvalue weighted by atomic mass is 9.86. The second-order valence-electron chi connectivity index (χ2n) is 6.09. The maximum atomic E-state index is 11.5. The molecule has 1 aliphatic rings. The van der Waals surface area contributed by atoms with Gasteiger partial charge in [-0.05, 0) is 39.5 Å². The van der Waals surface area contributed by atoms with Gasteiger partial charge in [-0.3, -0.25) is 0 Å². The molecule has 0 aromatic rings. The van der Waals surface area contributed by atoms with Crippen LogP contribution in [0, 0.1) is 11.3 Å². The predicted molar refractivity (Wildman–Crippen MR) is 65.2 cm³/mol. The molecule has 0 aromatic carbocycles. The molecule has 0 aliphatic heterocycles. The van der Waals surface area contributed by atoms with Crippen molar-refractivity contribution < 1.29 is 14.4 Å². The number of ether oxygens (including phenoxy) is 1. The number of rotatable bonds is 5. The van der Waals surface area contributed by atoms with Gasteiger partial charge in [0, 0.05) is 12.0 Å². The fourth-order valence-corrected chi connectivity index (χ4v) is 1.87. The Hall–Kier alpha value is -0.810. The predicted octanol–water partition coefficient (Wildman–Crippen LogP) is 1.82. The van der Waals surface area contributed by atoms with Crippen molar-refractivity contribution in [1.82, 2.24) is 5.32 Å². The molecule has 3 N–H and O–H groups in total. The number of carbonyl (C=O) groups is 1. The van der Waals surface area contributed by atoms with E-state index in [0.29, 0.717) is 19.1 Å². The second-order valence-corrected chi connectivity index (χ2v) is 6.09. The summed E-state index contributed by atoms with van der Waals surface area (Å²) < 4.78 is 5.19. The van der Waals surface area contributed by atoms with E-state index in [1.807, 2.05) is 20.8 Å². The molecular weight excluding hydrogens is 220 g/mol. The zero-order valence-electron chi connectivity index (χ0n) is 11.2. The van der Waals surface area contributed by atoms with Gasteiger partial charge in [-0.2, -0.15) is 0 Å². The number of hydrogen-bond acceptors (Lipinski definition) is 4. The van der Waals surface area contributed by atoms with Crippen LogP contribution in [-0.2, 0) is 9.57 Å². The highest BCUT2D eigenvalue weighted by Crippen LogP contribution is 2.45. The van der Waals surface area contributed by atoms with Gasteiger partial charge in [0.2, 0.25) is 0 Å². The minimum atomic E-state index is -0.468. The summed E-state index contributed by atoms with van der Waals surface area (Å²) in [6.07, 6.45) is 1.97. The van der Waals surface area contributed by atoms with Crippen LogP contribution in [-0.4, -0.2) is 24.8 Å². The van der Waals surface area contributed by atoms with E-state index in [0.717, 1.165) is 0 Å². The summed E-state index contributed by atoms with van der Waals surface area (Å²) in [5, 5.41) is 2.79. The standard InChI is InChI=1S/C12H24N2O3/c1-11(2,3)17-10(15)14-7-12(4,8-16-13)9-5-6-9/h9H,5-8,13H2,1-4H3,(H,14,15). The fourth-order valence-electron chi connectivity index (χ4n) is 1.87. The molecule has 0 bridgehead atoms. The summed E-state index contributed by atoms with van der Waals surface area (Å²) in [7, 11) is 0. The van der Waals surface area contributed by atoms with Gasteiger partial charge >= 0.3 is 6.09 Å². The van der Waals surface area contributed by atoms with E-state index >= 15 is 0 Å². The van der Waals surface area contributed by atoms with E-state index in [2.05, 4.69) is 12.2 Å². The molecule has 5 nitrogen and oxygen atoms in total. The molecule has 1 saturated carbocycles. The van der Waals surface area contributed by atoms with Crippen molar-refractivity contribution in [2.45, 2.75) is 46.1 Å². The van der Waals surface area contributed by atoms with Gasteiger partial charge in [-0.25, -0.2) is 10.7 Å². The van der Waals surface area contributed by atoms with Crippen molar-refractivity contribution in [2.24, 2.45) is 17.2 Å². The van der Waals surface area contributed by atoms with E-state index in [1.54, 1.807) is 0 Å². The molecular formula is C12H24N2O3. The Balaban J connectivity index is 2.39. The molecule has 0 saturated heterocycles. The Labute approximate surface area is 103 Å². The van der Waals surface area contributed by atoms with Crippen LogP contribution in [0.5, 0.6) is 0 Å². The lowest BCUT2D eigenvalue weighted by Gasteiger charge is -2.29. The molecule has 0 aromatic heterocycles. The van der Waals surface area contributed by atoms with Crippen LogP contribution in [0.3, 0.4) is 0 Å². The SMILES string of the molecule is CC(C)(C)OC(=O)NCC(C)(CON)C1CC1. The highest BCUT2D eigenvalue weighted by atomic mass is 16.6. The van der Waals surface area contributed by atoms with Crippen LogP contribution in [0.2, 0.25) is 0 Å². The molecule has 1 rings (SSSR count). The Morgan fingerprint density at radius 2 is 1.94 bits per heavy atom. The second kappa shape index (κ2) is 5.23. The largest absolute Gasteiger partial charge is 0.444 e. The Morgan fingerprint density at radius 1 is 1.35 bits per heavy atom. The molecule has 0 radical (unpaired) electrons. The normalized spacial score (nSPS) is 19.6. The van der Waals surface area contributed by atoms with Crippen LogP contribution in [0.4, 0.5) is 4.79 Å². The Morgan fingerprint density at radius 3 is 2.35 bits per heavy atom. The summed E-state index contributed by atoms with van der Waals surface area (Å²) in [5.74, 6) is 5.73. The number of alkyl carbamates (subject to hydrolysis) is 1. The molecule has 17 heavy (non-hydrogen) atoms. The maximum absolute atomic E-state index is 11.5. The third-order valence-electron chi connectivity index (χ3n) is 3.01. The third kappa shape index (κ3) is 4.91. The van der Waals surface area contributed by atoms with Crippen molar-refractivity contribution in [3.05, 3.63) is 0 Å². The van der Waals surface area contributed by atoms with Crippen LogP contribution in [0.1, 0.15) is 40.5 Å². The van der Waals surface area contributed by atoms with Gasteiger partial charge in [0.05, 0.1) is 6.61 Å². The van der Waals surface area contributed by atoms with Crippen molar-refractivity contribution in [3.63, 3.8) is 0 Å². The maximum Gasteiger partial charge on any atom is 0.407 e. The van der Waals surface area contributed by atoms with Crippen molar-refractivity contribution in [2.75, 3.05) is 13.2 Å². The first-order chi connectivity index (χ1) is 7.77. The van der Waals surface area contributed by atoms with E-state index in [-0.39, 0.29) is 11.5 Å². The smallest absolute Gasteiger partial charge is 0.407 e. The molecule has 0 spiro atoms. The summed E-state index contributed by atoms with van der Waals surface area (Å²) in [4.78, 5) is 16.3. The van der Waals surface area contributed by atoms with Crippen molar-refractivity contribution in [3.8, 4) is 0 Å². The first kappa shape index (κ1) is 14.3. The van der Waals surface area contributed by atoms with Crippen molar-refractivity contribution in [1.29, 1.82) is 0 Å². The van der Waals surface area contributed by atoms with E-state index in [4.69, 9.17) is 15.5 Å². The molecule has 1 unspecified atom stereocenters. The number of amides is 1. The summed E-state index contributed by atoms with van der Waals surface area (Å²) >= 11 is 0. The average molecular weight is 244 g/mol. The van der Waals surface area contributed by atoms with Gasteiger partial charge in [0.25, 0.3) is 0 Å².